The second-order valence-electron chi connectivity index (χ2n) is 4.87. The highest BCUT2D eigenvalue weighted by Gasteiger charge is 2.09. The predicted molar refractivity (Wildman–Crippen MR) is 87.2 cm³/mol. The van der Waals surface area contributed by atoms with Gasteiger partial charge in [0.1, 0.15) is 0 Å². The van der Waals surface area contributed by atoms with Crippen LogP contribution in [0.2, 0.25) is 0 Å². The Labute approximate surface area is 128 Å². The second kappa shape index (κ2) is 6.71. The number of carbonyl (C=O) groups is 1. The zero-order valence-corrected chi connectivity index (χ0v) is 13.3. The molecule has 3 heteroatoms. The van der Waals surface area contributed by atoms with Crippen LogP contribution in [0.15, 0.2) is 53.0 Å². The van der Waals surface area contributed by atoms with Gasteiger partial charge in [0, 0.05) is 10.2 Å². The van der Waals surface area contributed by atoms with E-state index < -0.39 is 0 Å². The van der Waals surface area contributed by atoms with Crippen LogP contribution in [-0.2, 0) is 0 Å². The normalized spacial score (nSPS) is 11.9. The Hall–Kier alpha value is -1.61. The summed E-state index contributed by atoms with van der Waals surface area (Å²) >= 11 is 3.39. The van der Waals surface area contributed by atoms with E-state index in [0.29, 0.717) is 11.5 Å². The lowest BCUT2D eigenvalue weighted by molar-refractivity contribution is 0.102. The van der Waals surface area contributed by atoms with E-state index in [4.69, 9.17) is 0 Å². The van der Waals surface area contributed by atoms with Crippen LogP contribution >= 0.6 is 15.9 Å². The van der Waals surface area contributed by atoms with E-state index in [9.17, 15) is 4.79 Å². The third-order valence-electron chi connectivity index (χ3n) is 3.47. The first-order valence-corrected chi connectivity index (χ1v) is 7.57. The van der Waals surface area contributed by atoms with Gasteiger partial charge >= 0.3 is 0 Å². The number of amides is 1. The van der Waals surface area contributed by atoms with Crippen molar-refractivity contribution in [3.05, 3.63) is 64.1 Å². The fourth-order valence-corrected chi connectivity index (χ4v) is 2.44. The molecule has 0 saturated heterocycles. The van der Waals surface area contributed by atoms with Gasteiger partial charge in [-0.25, -0.2) is 0 Å². The maximum atomic E-state index is 12.2. The van der Waals surface area contributed by atoms with Crippen LogP contribution in [0.4, 0.5) is 5.69 Å². The Balaban J connectivity index is 2.11. The molecule has 0 aromatic heterocycles. The minimum Gasteiger partial charge on any atom is -0.322 e. The SMILES string of the molecule is CC[C@H](C)c1ccc(NC(=O)c2ccccc2Br)cc1. The van der Waals surface area contributed by atoms with Gasteiger partial charge in [0.25, 0.3) is 5.91 Å². The topological polar surface area (TPSA) is 29.1 Å². The number of hydrogen-bond acceptors (Lipinski definition) is 1. The lowest BCUT2D eigenvalue weighted by Crippen LogP contribution is -2.12. The molecule has 20 heavy (non-hydrogen) atoms. The van der Waals surface area contributed by atoms with Gasteiger partial charge in [-0.3, -0.25) is 4.79 Å². The molecular formula is C17H18BrNO. The molecule has 0 radical (unpaired) electrons. The summed E-state index contributed by atoms with van der Waals surface area (Å²) in [5, 5.41) is 2.91. The van der Waals surface area contributed by atoms with Gasteiger partial charge in [-0.2, -0.15) is 0 Å². The first-order valence-electron chi connectivity index (χ1n) is 6.77. The molecule has 2 aromatic rings. The third-order valence-corrected chi connectivity index (χ3v) is 4.16. The third kappa shape index (κ3) is 3.48. The van der Waals surface area contributed by atoms with Gasteiger partial charge in [0.05, 0.1) is 5.56 Å². The minimum absolute atomic E-state index is 0.103. The Bertz CT molecular complexity index is 592. The van der Waals surface area contributed by atoms with E-state index in [0.717, 1.165) is 16.6 Å². The molecule has 0 bridgehead atoms. The van der Waals surface area contributed by atoms with E-state index in [1.165, 1.54) is 5.56 Å². The Morgan fingerprint density at radius 1 is 1.15 bits per heavy atom. The van der Waals surface area contributed by atoms with E-state index in [1.807, 2.05) is 30.3 Å². The van der Waals surface area contributed by atoms with Crippen LogP contribution < -0.4 is 5.32 Å². The molecule has 0 saturated carbocycles. The highest BCUT2D eigenvalue weighted by atomic mass is 79.9. The number of anilines is 1. The molecule has 0 spiro atoms. The second-order valence-corrected chi connectivity index (χ2v) is 5.72. The van der Waals surface area contributed by atoms with Crippen molar-refractivity contribution in [2.45, 2.75) is 26.2 Å². The molecule has 0 fully saturated rings. The number of hydrogen-bond donors (Lipinski definition) is 1. The van der Waals surface area contributed by atoms with Crippen molar-refractivity contribution in [3.8, 4) is 0 Å². The van der Waals surface area contributed by atoms with Gasteiger partial charge < -0.3 is 5.32 Å². The number of benzene rings is 2. The van der Waals surface area contributed by atoms with Crippen LogP contribution in [0.1, 0.15) is 42.1 Å². The van der Waals surface area contributed by atoms with Crippen LogP contribution in [0.5, 0.6) is 0 Å². The smallest absolute Gasteiger partial charge is 0.256 e. The summed E-state index contributed by atoms with van der Waals surface area (Å²) in [6, 6.07) is 15.5. The summed E-state index contributed by atoms with van der Waals surface area (Å²) in [5.41, 5.74) is 2.75. The molecule has 2 nitrogen and oxygen atoms in total. The molecule has 1 amide bonds. The summed E-state index contributed by atoms with van der Waals surface area (Å²) in [7, 11) is 0. The van der Waals surface area contributed by atoms with Crippen LogP contribution in [0, 0.1) is 0 Å². The van der Waals surface area contributed by atoms with Gasteiger partial charge in [0.2, 0.25) is 0 Å². The Kier molecular flexibility index (Phi) is 4.96. The quantitative estimate of drug-likeness (QED) is 0.818. The van der Waals surface area contributed by atoms with Gasteiger partial charge in [-0.15, -0.1) is 0 Å². The summed E-state index contributed by atoms with van der Waals surface area (Å²) < 4.78 is 0.800. The van der Waals surface area contributed by atoms with E-state index in [2.05, 4.69) is 47.2 Å². The summed E-state index contributed by atoms with van der Waals surface area (Å²) in [6.07, 6.45) is 1.11. The van der Waals surface area contributed by atoms with Crippen molar-refractivity contribution in [3.63, 3.8) is 0 Å². The lowest BCUT2D eigenvalue weighted by Gasteiger charge is -2.11. The summed E-state index contributed by atoms with van der Waals surface area (Å²) in [6.45, 7) is 4.38. The highest BCUT2D eigenvalue weighted by molar-refractivity contribution is 9.10. The molecule has 0 aliphatic heterocycles. The standard InChI is InChI=1S/C17H18BrNO/c1-3-12(2)13-8-10-14(11-9-13)19-17(20)15-6-4-5-7-16(15)18/h4-12H,3H2,1-2H3,(H,19,20)/t12-/m0/s1. The maximum absolute atomic E-state index is 12.2. The average molecular weight is 332 g/mol. The van der Waals surface area contributed by atoms with Gasteiger partial charge in [0.15, 0.2) is 0 Å². The molecular weight excluding hydrogens is 314 g/mol. The van der Waals surface area contributed by atoms with Crippen molar-refractivity contribution in [1.29, 1.82) is 0 Å². The highest BCUT2D eigenvalue weighted by Crippen LogP contribution is 2.22. The van der Waals surface area contributed by atoms with E-state index in [-0.39, 0.29) is 5.91 Å². The molecule has 104 valence electrons. The number of nitrogens with one attached hydrogen (secondary N) is 1. The molecule has 0 heterocycles. The molecule has 2 aromatic carbocycles. The zero-order chi connectivity index (χ0) is 14.5. The summed E-state index contributed by atoms with van der Waals surface area (Å²) in [5.74, 6) is 0.441. The molecule has 1 N–H and O–H groups in total. The van der Waals surface area contributed by atoms with Crippen molar-refractivity contribution < 1.29 is 4.79 Å². The van der Waals surface area contributed by atoms with Gasteiger partial charge in [-0.05, 0) is 58.1 Å². The van der Waals surface area contributed by atoms with Crippen molar-refractivity contribution in [2.24, 2.45) is 0 Å². The van der Waals surface area contributed by atoms with Gasteiger partial charge in [-0.1, -0.05) is 38.1 Å². The summed E-state index contributed by atoms with van der Waals surface area (Å²) in [4.78, 5) is 12.2. The predicted octanol–water partition coefficient (Wildman–Crippen LogP) is 5.21. The van der Waals surface area contributed by atoms with E-state index >= 15 is 0 Å². The lowest BCUT2D eigenvalue weighted by atomic mass is 9.98. The van der Waals surface area contributed by atoms with Crippen LogP contribution in [-0.4, -0.2) is 5.91 Å². The largest absolute Gasteiger partial charge is 0.322 e. The van der Waals surface area contributed by atoms with Crippen LogP contribution in [0.3, 0.4) is 0 Å². The molecule has 0 aliphatic rings. The average Bonchev–Trinajstić information content (AvgIpc) is 2.47. The van der Waals surface area contributed by atoms with Crippen molar-refractivity contribution >= 4 is 27.5 Å². The number of carbonyl (C=O) groups excluding carboxylic acids is 1. The number of halogens is 1. The molecule has 1 atom stereocenters. The number of rotatable bonds is 4. The fourth-order valence-electron chi connectivity index (χ4n) is 1.97. The fraction of sp³-hybridized carbons (Fsp3) is 0.235. The molecule has 0 aliphatic carbocycles. The monoisotopic (exact) mass is 331 g/mol. The Morgan fingerprint density at radius 3 is 2.40 bits per heavy atom. The van der Waals surface area contributed by atoms with Crippen molar-refractivity contribution in [1.82, 2.24) is 0 Å². The van der Waals surface area contributed by atoms with Crippen LogP contribution in [0.25, 0.3) is 0 Å². The first kappa shape index (κ1) is 14.8. The first-order chi connectivity index (χ1) is 9.61. The van der Waals surface area contributed by atoms with Crippen molar-refractivity contribution in [2.75, 3.05) is 5.32 Å². The minimum atomic E-state index is -0.103. The van der Waals surface area contributed by atoms with E-state index in [1.54, 1.807) is 6.07 Å². The Morgan fingerprint density at radius 2 is 1.80 bits per heavy atom. The maximum Gasteiger partial charge on any atom is 0.256 e. The zero-order valence-electron chi connectivity index (χ0n) is 11.7. The molecule has 2 rings (SSSR count). The molecule has 0 unspecified atom stereocenters.